The molecule has 1 aromatic heterocycles. The summed E-state index contributed by atoms with van der Waals surface area (Å²) in [4.78, 5) is 10.5. The molecule has 0 saturated carbocycles. The van der Waals surface area contributed by atoms with E-state index in [9.17, 15) is 10.1 Å². The van der Waals surface area contributed by atoms with Crippen LogP contribution in [0.3, 0.4) is 0 Å². The molecule has 0 radical (unpaired) electrons. The van der Waals surface area contributed by atoms with E-state index in [0.29, 0.717) is 11.4 Å². The quantitative estimate of drug-likeness (QED) is 0.626. The van der Waals surface area contributed by atoms with E-state index in [1.165, 1.54) is 18.9 Å². The Morgan fingerprint density at radius 2 is 2.10 bits per heavy atom. The van der Waals surface area contributed by atoms with Crippen LogP contribution in [0, 0.1) is 10.1 Å². The van der Waals surface area contributed by atoms with E-state index in [1.54, 1.807) is 24.3 Å². The van der Waals surface area contributed by atoms with Crippen molar-refractivity contribution in [2.45, 2.75) is 6.61 Å². The largest absolute Gasteiger partial charge is 0.494 e. The molecule has 2 rings (SSSR count). The van der Waals surface area contributed by atoms with E-state index in [1.807, 2.05) is 0 Å². The summed E-state index contributed by atoms with van der Waals surface area (Å²) in [6.07, 6.45) is 0. The number of methoxy groups -OCH3 is 2. The monoisotopic (exact) mass is 297 g/mol. The molecule has 8 heteroatoms. The van der Waals surface area contributed by atoms with Crippen molar-refractivity contribution in [2.75, 3.05) is 14.2 Å². The predicted molar refractivity (Wildman–Crippen MR) is 72.5 cm³/mol. The molecule has 0 bridgehead atoms. The Hall–Kier alpha value is -2.12. The molecule has 0 N–H and O–H groups in total. The molecule has 0 unspecified atom stereocenters. The molecule has 0 amide bonds. The van der Waals surface area contributed by atoms with Crippen LogP contribution in [-0.2, 0) is 11.3 Å². The molecular weight excluding hydrogens is 286 g/mol. The van der Waals surface area contributed by atoms with Gasteiger partial charge < -0.3 is 9.47 Å². The van der Waals surface area contributed by atoms with Crippen molar-refractivity contribution in [3.8, 4) is 11.4 Å². The fourth-order valence-electron chi connectivity index (χ4n) is 1.81. The van der Waals surface area contributed by atoms with Crippen LogP contribution < -0.4 is 4.74 Å². The normalized spacial score (nSPS) is 10.6. The van der Waals surface area contributed by atoms with E-state index in [-0.39, 0.29) is 23.1 Å². The zero-order valence-electron chi connectivity index (χ0n) is 10.9. The highest BCUT2D eigenvalue weighted by molar-refractivity contribution is 6.32. The lowest BCUT2D eigenvalue weighted by atomic mass is 10.3. The van der Waals surface area contributed by atoms with Crippen LogP contribution in [0.1, 0.15) is 5.69 Å². The third-order valence-corrected chi connectivity index (χ3v) is 2.99. The number of hydrogen-bond donors (Lipinski definition) is 0. The SMILES string of the molecule is COCc1nn(-c2ccccc2OC)c(Cl)c1[N+](=O)[O-]. The molecule has 7 nitrogen and oxygen atoms in total. The van der Waals surface area contributed by atoms with Gasteiger partial charge in [0.25, 0.3) is 0 Å². The van der Waals surface area contributed by atoms with Crippen molar-refractivity contribution in [2.24, 2.45) is 0 Å². The Bertz CT molecular complexity index is 642. The van der Waals surface area contributed by atoms with Crippen LogP contribution in [0.15, 0.2) is 24.3 Å². The summed E-state index contributed by atoms with van der Waals surface area (Å²) in [5.74, 6) is 0.510. The third-order valence-electron chi connectivity index (χ3n) is 2.65. The molecule has 106 valence electrons. The first kappa shape index (κ1) is 14.3. The minimum Gasteiger partial charge on any atom is -0.494 e. The minimum absolute atomic E-state index is 0.00180. The first-order valence-corrected chi connectivity index (χ1v) is 6.02. The summed E-state index contributed by atoms with van der Waals surface area (Å²) in [6.45, 7) is -0.00180. The van der Waals surface area contributed by atoms with Gasteiger partial charge in [0.15, 0.2) is 5.69 Å². The van der Waals surface area contributed by atoms with Gasteiger partial charge in [-0.15, -0.1) is 0 Å². The fourth-order valence-corrected chi connectivity index (χ4v) is 2.12. The molecule has 0 aliphatic carbocycles. The maximum Gasteiger partial charge on any atom is 0.331 e. The van der Waals surface area contributed by atoms with E-state index in [4.69, 9.17) is 21.1 Å². The van der Waals surface area contributed by atoms with Gasteiger partial charge >= 0.3 is 5.69 Å². The third kappa shape index (κ3) is 2.45. The molecule has 0 fully saturated rings. The average molecular weight is 298 g/mol. The summed E-state index contributed by atoms with van der Waals surface area (Å²) >= 11 is 6.07. The Labute approximate surface area is 119 Å². The minimum atomic E-state index is -0.574. The lowest BCUT2D eigenvalue weighted by Crippen LogP contribution is -2.00. The number of rotatable bonds is 5. The Kier molecular flexibility index (Phi) is 4.21. The average Bonchev–Trinajstić information content (AvgIpc) is 2.76. The second-order valence-electron chi connectivity index (χ2n) is 3.86. The van der Waals surface area contributed by atoms with Gasteiger partial charge in [-0.1, -0.05) is 23.7 Å². The van der Waals surface area contributed by atoms with Crippen LogP contribution in [0.25, 0.3) is 5.69 Å². The van der Waals surface area contributed by atoms with Crippen molar-refractivity contribution in [3.05, 3.63) is 45.2 Å². The standard InChI is InChI=1S/C12H12ClN3O4/c1-19-7-8-11(16(17)18)12(13)15(14-8)9-5-3-4-6-10(9)20-2/h3-6H,7H2,1-2H3. The summed E-state index contributed by atoms with van der Waals surface area (Å²) in [5.41, 5.74) is 0.415. The summed E-state index contributed by atoms with van der Waals surface area (Å²) in [6, 6.07) is 6.97. The van der Waals surface area contributed by atoms with Crippen LogP contribution in [0.4, 0.5) is 5.69 Å². The number of benzene rings is 1. The molecule has 0 aliphatic heterocycles. The summed E-state index contributed by atoms with van der Waals surface area (Å²) in [7, 11) is 2.93. The number of ether oxygens (including phenoxy) is 2. The van der Waals surface area contributed by atoms with Crippen molar-refractivity contribution in [3.63, 3.8) is 0 Å². The van der Waals surface area contributed by atoms with Gasteiger partial charge in [0.1, 0.15) is 11.4 Å². The zero-order chi connectivity index (χ0) is 14.7. The Morgan fingerprint density at radius 3 is 2.70 bits per heavy atom. The molecule has 1 heterocycles. The van der Waals surface area contributed by atoms with Gasteiger partial charge in [-0.3, -0.25) is 10.1 Å². The first-order chi connectivity index (χ1) is 9.60. The molecule has 0 spiro atoms. The Balaban J connectivity index is 2.63. The lowest BCUT2D eigenvalue weighted by molar-refractivity contribution is -0.385. The van der Waals surface area contributed by atoms with E-state index < -0.39 is 4.92 Å². The highest BCUT2D eigenvalue weighted by Crippen LogP contribution is 2.33. The van der Waals surface area contributed by atoms with Gasteiger partial charge in [-0.25, -0.2) is 4.68 Å². The summed E-state index contributed by atoms with van der Waals surface area (Å²) < 4.78 is 11.4. The number of aromatic nitrogens is 2. The summed E-state index contributed by atoms with van der Waals surface area (Å²) in [5, 5.41) is 15.1. The maximum atomic E-state index is 11.1. The zero-order valence-corrected chi connectivity index (χ0v) is 11.6. The van der Waals surface area contributed by atoms with Gasteiger partial charge in [0, 0.05) is 7.11 Å². The van der Waals surface area contributed by atoms with Gasteiger partial charge in [-0.05, 0) is 12.1 Å². The predicted octanol–water partition coefficient (Wildman–Crippen LogP) is 2.59. The topological polar surface area (TPSA) is 79.4 Å². The van der Waals surface area contributed by atoms with Crippen molar-refractivity contribution >= 4 is 17.3 Å². The van der Waals surface area contributed by atoms with Crippen LogP contribution >= 0.6 is 11.6 Å². The van der Waals surface area contributed by atoms with Crippen molar-refractivity contribution < 1.29 is 14.4 Å². The molecule has 20 heavy (non-hydrogen) atoms. The number of hydrogen-bond acceptors (Lipinski definition) is 5. The van der Waals surface area contributed by atoms with E-state index in [2.05, 4.69) is 5.10 Å². The van der Waals surface area contributed by atoms with Crippen LogP contribution in [-0.4, -0.2) is 28.9 Å². The van der Waals surface area contributed by atoms with Crippen LogP contribution in [0.5, 0.6) is 5.75 Å². The lowest BCUT2D eigenvalue weighted by Gasteiger charge is -2.08. The number of para-hydroxylation sites is 2. The van der Waals surface area contributed by atoms with E-state index in [0.717, 1.165) is 0 Å². The highest BCUT2D eigenvalue weighted by atomic mass is 35.5. The molecule has 2 aromatic rings. The highest BCUT2D eigenvalue weighted by Gasteiger charge is 2.28. The van der Waals surface area contributed by atoms with Gasteiger partial charge in [0.2, 0.25) is 5.15 Å². The van der Waals surface area contributed by atoms with Crippen molar-refractivity contribution in [1.29, 1.82) is 0 Å². The van der Waals surface area contributed by atoms with Gasteiger partial charge in [0.05, 0.1) is 18.6 Å². The van der Waals surface area contributed by atoms with Crippen LogP contribution in [0.2, 0.25) is 5.15 Å². The smallest absolute Gasteiger partial charge is 0.331 e. The first-order valence-electron chi connectivity index (χ1n) is 5.64. The second-order valence-corrected chi connectivity index (χ2v) is 4.22. The van der Waals surface area contributed by atoms with E-state index >= 15 is 0 Å². The van der Waals surface area contributed by atoms with Gasteiger partial charge in [-0.2, -0.15) is 5.10 Å². The number of halogens is 1. The van der Waals surface area contributed by atoms with Crippen molar-refractivity contribution in [1.82, 2.24) is 9.78 Å². The second kappa shape index (κ2) is 5.89. The molecular formula is C12H12ClN3O4. The maximum absolute atomic E-state index is 11.1. The number of nitrogens with zero attached hydrogens (tertiary/aromatic N) is 3. The molecule has 1 aromatic carbocycles. The number of nitro groups is 1. The molecule has 0 saturated heterocycles. The fraction of sp³-hybridized carbons (Fsp3) is 0.250. The molecule has 0 aliphatic rings. The molecule has 0 atom stereocenters. The Morgan fingerprint density at radius 1 is 1.40 bits per heavy atom.